The predicted molar refractivity (Wildman–Crippen MR) is 168 cm³/mol. The summed E-state index contributed by atoms with van der Waals surface area (Å²) >= 11 is 6.57. The maximum Gasteiger partial charge on any atom is 0.180 e. The summed E-state index contributed by atoms with van der Waals surface area (Å²) in [6.45, 7) is 8.28. The Morgan fingerprint density at radius 3 is 2.33 bits per heavy atom. The Morgan fingerprint density at radius 1 is 0.925 bits per heavy atom. The molecule has 0 N–H and O–H groups in total. The zero-order chi connectivity index (χ0) is 28.1. The number of piperazine rings is 1. The lowest BCUT2D eigenvalue weighted by Crippen LogP contribution is -2.44. The largest absolute Gasteiger partial charge is 0.494 e. The van der Waals surface area contributed by atoms with Gasteiger partial charge < -0.3 is 14.5 Å². The molecule has 0 saturated carbocycles. The third-order valence-electron chi connectivity index (χ3n) is 8.23. The van der Waals surface area contributed by atoms with Crippen LogP contribution < -0.4 is 14.4 Å². The minimum Gasteiger partial charge on any atom is -0.494 e. The molecule has 3 aliphatic rings. The Morgan fingerprint density at radius 2 is 1.62 bits per heavy atom. The van der Waals surface area contributed by atoms with Gasteiger partial charge in [0.2, 0.25) is 0 Å². The molecular formula is C31H36ClN6OP. The lowest BCUT2D eigenvalue weighted by Gasteiger charge is -2.44. The summed E-state index contributed by atoms with van der Waals surface area (Å²) < 4.78 is 16.3. The number of fused-ring (bicyclic) bond motifs is 1. The van der Waals surface area contributed by atoms with Gasteiger partial charge in [0.15, 0.2) is 7.36 Å². The molecule has 3 aliphatic heterocycles. The molecule has 3 aromatic rings. The zero-order valence-electron chi connectivity index (χ0n) is 23.8. The number of benzene rings is 3. The van der Waals surface area contributed by atoms with Gasteiger partial charge in [0, 0.05) is 55.0 Å². The van der Waals surface area contributed by atoms with Gasteiger partial charge in [0.25, 0.3) is 0 Å². The van der Waals surface area contributed by atoms with E-state index in [9.17, 15) is 0 Å². The molecule has 208 valence electrons. The van der Waals surface area contributed by atoms with Crippen molar-refractivity contribution in [1.29, 1.82) is 0 Å². The normalized spacial score (nSPS) is 24.4. The number of hydrogen-bond donors (Lipinski definition) is 0. The molecule has 1 saturated heterocycles. The Labute approximate surface area is 242 Å². The van der Waals surface area contributed by atoms with Gasteiger partial charge in [-0.2, -0.15) is 5.10 Å². The second kappa shape index (κ2) is 10.4. The zero-order valence-corrected chi connectivity index (χ0v) is 25.4. The van der Waals surface area contributed by atoms with Gasteiger partial charge in [-0.05, 0) is 49.0 Å². The molecule has 0 radical (unpaired) electrons. The first-order valence-corrected chi connectivity index (χ1v) is 15.7. The Bertz CT molecular complexity index is 1540. The van der Waals surface area contributed by atoms with Crippen molar-refractivity contribution >= 4 is 42.2 Å². The van der Waals surface area contributed by atoms with Crippen molar-refractivity contribution in [2.45, 2.75) is 19.3 Å². The molecule has 40 heavy (non-hydrogen) atoms. The number of allylic oxidation sites excluding steroid dienone is 2. The summed E-state index contributed by atoms with van der Waals surface area (Å²) in [6.07, 6.45) is 2.07. The Hall–Kier alpha value is -3.09. The highest BCUT2D eigenvalue weighted by Gasteiger charge is 2.50. The van der Waals surface area contributed by atoms with Gasteiger partial charge in [-0.3, -0.25) is 0 Å². The number of hydrogen-bond acceptors (Lipinski definition) is 5. The van der Waals surface area contributed by atoms with Crippen molar-refractivity contribution in [1.82, 2.24) is 9.57 Å². The SMILES string of the molecule is COc1ccc(Cl)cc1N=[P@]1(N2CCN(C)CC2)/C(=C2/N(C)c3ccccc3C2(C)C)C=NN1c1ccccc1. The van der Waals surface area contributed by atoms with Crippen LogP contribution in [-0.2, 0) is 5.41 Å². The smallest absolute Gasteiger partial charge is 0.180 e. The summed E-state index contributed by atoms with van der Waals surface area (Å²) in [6, 6.07) is 24.8. The predicted octanol–water partition coefficient (Wildman–Crippen LogP) is 7.40. The van der Waals surface area contributed by atoms with Gasteiger partial charge in [-0.1, -0.05) is 61.8 Å². The number of hydrazone groups is 1. The molecule has 7 nitrogen and oxygen atoms in total. The fourth-order valence-corrected chi connectivity index (χ4v) is 10.2. The van der Waals surface area contributed by atoms with E-state index in [2.05, 4.69) is 102 Å². The third-order valence-corrected chi connectivity index (χ3v) is 12.0. The number of ether oxygens (including phenoxy) is 1. The quantitative estimate of drug-likeness (QED) is 0.304. The molecular weight excluding hydrogens is 539 g/mol. The third kappa shape index (κ3) is 4.27. The number of nitrogens with zero attached hydrogens (tertiary/aromatic N) is 6. The van der Waals surface area contributed by atoms with Gasteiger partial charge in [-0.25, -0.2) is 14.2 Å². The fraction of sp³-hybridized carbons (Fsp3) is 0.323. The van der Waals surface area contributed by atoms with Crippen molar-refractivity contribution < 1.29 is 4.74 Å². The van der Waals surface area contributed by atoms with Crippen LogP contribution in [0.1, 0.15) is 19.4 Å². The van der Waals surface area contributed by atoms with E-state index in [1.807, 2.05) is 24.3 Å². The van der Waals surface area contributed by atoms with E-state index in [0.717, 1.165) is 42.9 Å². The molecule has 0 unspecified atom stereocenters. The molecule has 3 heterocycles. The maximum atomic E-state index is 6.57. The van der Waals surface area contributed by atoms with Crippen molar-refractivity contribution in [3.05, 3.63) is 94.4 Å². The molecule has 9 heteroatoms. The first kappa shape index (κ1) is 27.1. The average Bonchev–Trinajstić information content (AvgIpc) is 3.41. The highest BCUT2D eigenvalue weighted by Crippen LogP contribution is 2.71. The molecule has 0 aromatic heterocycles. The van der Waals surface area contributed by atoms with E-state index in [1.54, 1.807) is 7.11 Å². The van der Waals surface area contributed by atoms with E-state index < -0.39 is 7.36 Å². The van der Waals surface area contributed by atoms with Crippen LogP contribution in [0, 0.1) is 0 Å². The molecule has 1 atom stereocenters. The lowest BCUT2D eigenvalue weighted by atomic mass is 9.84. The van der Waals surface area contributed by atoms with Crippen molar-refractivity contribution in [2.75, 3.05) is 57.1 Å². The second-order valence-corrected chi connectivity index (χ2v) is 14.2. The summed E-state index contributed by atoms with van der Waals surface area (Å²) in [4.78, 5) is 4.73. The highest BCUT2D eigenvalue weighted by molar-refractivity contribution is 7.71. The van der Waals surface area contributed by atoms with Gasteiger partial charge in [0.1, 0.15) is 11.4 Å². The van der Waals surface area contributed by atoms with Gasteiger partial charge in [0.05, 0.1) is 24.3 Å². The molecule has 1 fully saturated rings. The number of para-hydroxylation sites is 2. The molecule has 6 rings (SSSR count). The van der Waals surface area contributed by atoms with Gasteiger partial charge >= 0.3 is 0 Å². The number of anilines is 2. The molecule has 0 aliphatic carbocycles. The van der Waals surface area contributed by atoms with Crippen LogP contribution in [0.2, 0.25) is 5.02 Å². The molecule has 0 amide bonds. The van der Waals surface area contributed by atoms with E-state index in [4.69, 9.17) is 26.2 Å². The molecule has 3 aromatic carbocycles. The van der Waals surface area contributed by atoms with Crippen molar-refractivity contribution in [3.63, 3.8) is 0 Å². The standard InChI is InChI=1S/C31H36ClN6OP/c1-31(2)25-13-9-10-14-27(25)36(4)30(31)29-22-33-38(24-11-7-6-8-12-24)40(29,37-19-17-35(3)18-20-37)34-26-21-23(32)15-16-28(26)39-5/h6-16,21-22H,17-20H2,1-5H3/b30-29+/t40-/m0/s1. The van der Waals surface area contributed by atoms with Gasteiger partial charge in [-0.15, -0.1) is 0 Å². The second-order valence-electron chi connectivity index (χ2n) is 11.0. The summed E-state index contributed by atoms with van der Waals surface area (Å²) in [7, 11) is 3.32. The van der Waals surface area contributed by atoms with Crippen LogP contribution in [0.3, 0.4) is 0 Å². The van der Waals surface area contributed by atoms with Crippen LogP contribution in [0.5, 0.6) is 5.75 Å². The van der Waals surface area contributed by atoms with Crippen molar-refractivity contribution in [2.24, 2.45) is 9.85 Å². The van der Waals surface area contributed by atoms with Crippen LogP contribution in [-0.4, -0.2) is 63.2 Å². The molecule has 0 spiro atoms. The first-order valence-electron chi connectivity index (χ1n) is 13.7. The topological polar surface area (TPSA) is 46.9 Å². The highest BCUT2D eigenvalue weighted by atomic mass is 35.5. The number of methoxy groups -OCH3 is 1. The minimum atomic E-state index is -2.73. The lowest BCUT2D eigenvalue weighted by molar-refractivity contribution is 0.227. The van der Waals surface area contributed by atoms with Crippen molar-refractivity contribution in [3.8, 4) is 5.75 Å². The summed E-state index contributed by atoms with van der Waals surface area (Å²) in [5, 5.41) is 6.95. The van der Waals surface area contributed by atoms with E-state index in [0.29, 0.717) is 10.8 Å². The number of rotatable bonds is 4. The van der Waals surface area contributed by atoms with Crippen LogP contribution >= 0.6 is 19.0 Å². The fourth-order valence-electron chi connectivity index (χ4n) is 6.20. The monoisotopic (exact) mass is 574 g/mol. The van der Waals surface area contributed by atoms with E-state index in [-0.39, 0.29) is 5.41 Å². The van der Waals surface area contributed by atoms with Crippen LogP contribution in [0.4, 0.5) is 17.1 Å². The average molecular weight is 575 g/mol. The molecule has 0 bridgehead atoms. The van der Waals surface area contributed by atoms with Crippen LogP contribution in [0.15, 0.2) is 93.7 Å². The minimum absolute atomic E-state index is 0.245. The first-order chi connectivity index (χ1) is 19.3. The number of likely N-dealkylation sites (N-methyl/N-ethyl adjacent to an activating group) is 2. The Balaban J connectivity index is 1.71. The van der Waals surface area contributed by atoms with Crippen LogP contribution in [0.25, 0.3) is 0 Å². The van der Waals surface area contributed by atoms with E-state index in [1.165, 1.54) is 16.9 Å². The number of halogens is 1. The summed E-state index contributed by atoms with van der Waals surface area (Å²) in [5.74, 6) is 0.699. The maximum absolute atomic E-state index is 6.57. The van der Waals surface area contributed by atoms with E-state index >= 15 is 0 Å². The Kier molecular flexibility index (Phi) is 7.04. The summed E-state index contributed by atoms with van der Waals surface area (Å²) in [5.41, 5.74) is 5.27.